The van der Waals surface area contributed by atoms with E-state index >= 15 is 0 Å². The van der Waals surface area contributed by atoms with Crippen molar-refractivity contribution >= 4 is 15.9 Å². The van der Waals surface area contributed by atoms with Gasteiger partial charge in [-0.3, -0.25) is 4.98 Å². The third-order valence-corrected chi connectivity index (χ3v) is 3.06. The summed E-state index contributed by atoms with van der Waals surface area (Å²) in [6.07, 6.45) is 1.72. The van der Waals surface area contributed by atoms with E-state index in [2.05, 4.69) is 20.9 Å². The Balaban J connectivity index is 2.53. The minimum atomic E-state index is -0.368. The van der Waals surface area contributed by atoms with Crippen molar-refractivity contribution in [2.24, 2.45) is 0 Å². The fraction of sp³-hybridized carbons (Fsp3) is 0.154. The first-order valence-electron chi connectivity index (χ1n) is 5.10. The molecule has 0 saturated carbocycles. The second kappa shape index (κ2) is 5.27. The number of hydrogen-bond acceptors (Lipinski definition) is 2. The highest BCUT2D eigenvalue weighted by molar-refractivity contribution is 9.08. The van der Waals surface area contributed by atoms with Crippen molar-refractivity contribution in [3.63, 3.8) is 0 Å². The molecule has 0 spiro atoms. The van der Waals surface area contributed by atoms with E-state index in [-0.39, 0.29) is 11.6 Å². The first-order chi connectivity index (χ1) is 8.26. The number of alkyl halides is 1. The number of pyridine rings is 1. The third kappa shape index (κ3) is 2.47. The van der Waals surface area contributed by atoms with Crippen molar-refractivity contribution in [3.8, 4) is 17.0 Å². The van der Waals surface area contributed by atoms with Gasteiger partial charge in [-0.2, -0.15) is 0 Å². The van der Waals surface area contributed by atoms with Gasteiger partial charge in [-0.1, -0.05) is 22.0 Å². The number of methoxy groups -OCH3 is 1. The fourth-order valence-electron chi connectivity index (χ4n) is 1.61. The molecule has 2 aromatic rings. The van der Waals surface area contributed by atoms with Gasteiger partial charge in [-0.15, -0.1) is 0 Å². The molecule has 0 N–H and O–H groups in total. The van der Waals surface area contributed by atoms with Crippen LogP contribution < -0.4 is 4.74 Å². The molecule has 0 fully saturated rings. The number of nitrogens with zero attached hydrogens (tertiary/aromatic N) is 1. The van der Waals surface area contributed by atoms with Crippen molar-refractivity contribution in [2.45, 2.75) is 5.33 Å². The summed E-state index contributed by atoms with van der Waals surface area (Å²) >= 11 is 3.41. The molecule has 0 aliphatic carbocycles. The van der Waals surface area contributed by atoms with E-state index in [1.807, 2.05) is 12.1 Å². The van der Waals surface area contributed by atoms with Crippen LogP contribution in [0.25, 0.3) is 11.3 Å². The van der Waals surface area contributed by atoms with Crippen molar-refractivity contribution in [3.05, 3.63) is 47.9 Å². The van der Waals surface area contributed by atoms with Crippen LogP contribution in [0, 0.1) is 5.82 Å². The lowest BCUT2D eigenvalue weighted by Crippen LogP contribution is -1.93. The number of benzene rings is 1. The summed E-state index contributed by atoms with van der Waals surface area (Å²) in [5.41, 5.74) is 2.74. The van der Waals surface area contributed by atoms with E-state index < -0.39 is 0 Å². The molecule has 88 valence electrons. The van der Waals surface area contributed by atoms with Gasteiger partial charge in [0.25, 0.3) is 0 Å². The summed E-state index contributed by atoms with van der Waals surface area (Å²) in [7, 11) is 1.45. The topological polar surface area (TPSA) is 22.1 Å². The zero-order valence-electron chi connectivity index (χ0n) is 9.28. The van der Waals surface area contributed by atoms with Crippen LogP contribution in [-0.4, -0.2) is 12.1 Å². The van der Waals surface area contributed by atoms with Crippen LogP contribution in [-0.2, 0) is 5.33 Å². The first kappa shape index (κ1) is 12.0. The quantitative estimate of drug-likeness (QED) is 0.804. The van der Waals surface area contributed by atoms with Crippen molar-refractivity contribution < 1.29 is 9.13 Å². The molecule has 1 heterocycles. The average Bonchev–Trinajstić information content (AvgIpc) is 2.39. The molecular weight excluding hydrogens is 285 g/mol. The molecule has 4 heteroatoms. The molecule has 0 unspecified atom stereocenters. The van der Waals surface area contributed by atoms with Crippen LogP contribution in [0.5, 0.6) is 5.75 Å². The molecule has 0 aliphatic heterocycles. The van der Waals surface area contributed by atoms with Crippen molar-refractivity contribution in [2.75, 3.05) is 7.11 Å². The van der Waals surface area contributed by atoms with E-state index in [4.69, 9.17) is 4.74 Å². The second-order valence-corrected chi connectivity index (χ2v) is 4.05. The Morgan fingerprint density at radius 3 is 2.88 bits per heavy atom. The van der Waals surface area contributed by atoms with Crippen LogP contribution in [0.2, 0.25) is 0 Å². The number of rotatable bonds is 3. The lowest BCUT2D eigenvalue weighted by Gasteiger charge is -2.08. The van der Waals surface area contributed by atoms with E-state index in [0.717, 1.165) is 16.8 Å². The van der Waals surface area contributed by atoms with Gasteiger partial charge in [0.2, 0.25) is 0 Å². The number of hydrogen-bond donors (Lipinski definition) is 0. The van der Waals surface area contributed by atoms with Gasteiger partial charge >= 0.3 is 0 Å². The van der Waals surface area contributed by atoms with Gasteiger partial charge in [0, 0.05) is 17.1 Å². The number of halogens is 2. The smallest absolute Gasteiger partial charge is 0.165 e. The maximum Gasteiger partial charge on any atom is 0.165 e. The van der Waals surface area contributed by atoms with Crippen molar-refractivity contribution in [1.82, 2.24) is 4.98 Å². The molecule has 2 rings (SSSR count). The van der Waals surface area contributed by atoms with Gasteiger partial charge in [0.05, 0.1) is 12.8 Å². The summed E-state index contributed by atoms with van der Waals surface area (Å²) in [6.45, 7) is 0. The van der Waals surface area contributed by atoms with Gasteiger partial charge in [0.1, 0.15) is 0 Å². The first-order valence-corrected chi connectivity index (χ1v) is 6.22. The Morgan fingerprint density at radius 1 is 1.35 bits per heavy atom. The van der Waals surface area contributed by atoms with E-state index in [1.54, 1.807) is 18.3 Å². The third-order valence-electron chi connectivity index (χ3n) is 2.46. The summed E-state index contributed by atoms with van der Waals surface area (Å²) in [4.78, 5) is 4.32. The predicted molar refractivity (Wildman–Crippen MR) is 68.8 cm³/mol. The summed E-state index contributed by atoms with van der Waals surface area (Å²) in [6, 6.07) is 8.60. The molecule has 1 aromatic carbocycles. The fourth-order valence-corrected chi connectivity index (χ4v) is 2.07. The number of ether oxygens (including phenoxy) is 1. The molecule has 0 bridgehead atoms. The Kier molecular flexibility index (Phi) is 3.74. The minimum absolute atomic E-state index is 0.230. The molecule has 2 nitrogen and oxygen atoms in total. The monoisotopic (exact) mass is 295 g/mol. The SMILES string of the molecule is COc1cc(-c2ncccc2CBr)ccc1F. The molecule has 0 amide bonds. The zero-order chi connectivity index (χ0) is 12.3. The Morgan fingerprint density at radius 2 is 2.18 bits per heavy atom. The molecule has 1 aromatic heterocycles. The molecule has 0 radical (unpaired) electrons. The van der Waals surface area contributed by atoms with E-state index in [0.29, 0.717) is 5.33 Å². The maximum absolute atomic E-state index is 13.3. The normalized spacial score (nSPS) is 10.3. The van der Waals surface area contributed by atoms with E-state index in [1.165, 1.54) is 13.2 Å². The molecule has 0 saturated heterocycles. The molecule has 17 heavy (non-hydrogen) atoms. The zero-order valence-corrected chi connectivity index (χ0v) is 10.9. The maximum atomic E-state index is 13.3. The Labute approximate surface area is 108 Å². The highest BCUT2D eigenvalue weighted by Crippen LogP contribution is 2.28. The average molecular weight is 296 g/mol. The largest absolute Gasteiger partial charge is 0.494 e. The van der Waals surface area contributed by atoms with Crippen LogP contribution >= 0.6 is 15.9 Å². The number of aromatic nitrogens is 1. The van der Waals surface area contributed by atoms with Crippen LogP contribution in [0.1, 0.15) is 5.56 Å². The highest BCUT2D eigenvalue weighted by Gasteiger charge is 2.09. The van der Waals surface area contributed by atoms with Crippen LogP contribution in [0.3, 0.4) is 0 Å². The van der Waals surface area contributed by atoms with Gasteiger partial charge in [-0.05, 0) is 29.8 Å². The minimum Gasteiger partial charge on any atom is -0.494 e. The summed E-state index contributed by atoms with van der Waals surface area (Å²) < 4.78 is 18.3. The lowest BCUT2D eigenvalue weighted by molar-refractivity contribution is 0.387. The van der Waals surface area contributed by atoms with Crippen LogP contribution in [0.15, 0.2) is 36.5 Å². The second-order valence-electron chi connectivity index (χ2n) is 3.49. The standard InChI is InChI=1S/C13H11BrFNO/c1-17-12-7-9(4-5-11(12)15)13-10(8-14)3-2-6-16-13/h2-7H,8H2,1H3. The molecule has 0 aliphatic rings. The van der Waals surface area contributed by atoms with Gasteiger partial charge < -0.3 is 4.74 Å². The van der Waals surface area contributed by atoms with Crippen LogP contribution in [0.4, 0.5) is 4.39 Å². The Hall–Kier alpha value is -1.42. The molecule has 0 atom stereocenters. The van der Waals surface area contributed by atoms with Crippen molar-refractivity contribution in [1.29, 1.82) is 0 Å². The Bertz CT molecular complexity index is 531. The lowest BCUT2D eigenvalue weighted by atomic mass is 10.1. The summed E-state index contributed by atoms with van der Waals surface area (Å²) in [5.74, 6) is -0.138. The predicted octanol–water partition coefficient (Wildman–Crippen LogP) is 3.79. The van der Waals surface area contributed by atoms with Gasteiger partial charge in [-0.25, -0.2) is 4.39 Å². The van der Waals surface area contributed by atoms with E-state index in [9.17, 15) is 4.39 Å². The summed E-state index contributed by atoms with van der Waals surface area (Å²) in [5, 5.41) is 0.704. The highest BCUT2D eigenvalue weighted by atomic mass is 79.9. The van der Waals surface area contributed by atoms with Gasteiger partial charge in [0.15, 0.2) is 11.6 Å². The molecular formula is C13H11BrFNO.